The van der Waals surface area contributed by atoms with Crippen LogP contribution in [0.5, 0.6) is 5.75 Å². The van der Waals surface area contributed by atoms with Gasteiger partial charge in [-0.25, -0.2) is 4.98 Å². The quantitative estimate of drug-likeness (QED) is 0.613. The summed E-state index contributed by atoms with van der Waals surface area (Å²) >= 11 is 1.61. The molecule has 0 N–H and O–H groups in total. The van der Waals surface area contributed by atoms with Gasteiger partial charge >= 0.3 is 0 Å². The number of hydrogen-bond acceptors (Lipinski definition) is 3. The van der Waals surface area contributed by atoms with Crippen LogP contribution in [-0.2, 0) is 13.0 Å². The Hall–Kier alpha value is -2.13. The minimum Gasteiger partial charge on any atom is -0.488 e. The van der Waals surface area contributed by atoms with E-state index in [2.05, 4.69) is 47.6 Å². The molecule has 1 aromatic heterocycles. The van der Waals surface area contributed by atoms with E-state index in [0.29, 0.717) is 6.61 Å². The Labute approximate surface area is 135 Å². The molecule has 0 aliphatic heterocycles. The Morgan fingerprint density at radius 3 is 2.64 bits per heavy atom. The number of hydrogen-bond donors (Lipinski definition) is 0. The summed E-state index contributed by atoms with van der Waals surface area (Å²) in [6, 6.07) is 16.7. The molecule has 0 fully saturated rings. The summed E-state index contributed by atoms with van der Waals surface area (Å²) in [4.78, 5) is 4.44. The van der Waals surface area contributed by atoms with Crippen molar-refractivity contribution in [1.82, 2.24) is 4.98 Å². The van der Waals surface area contributed by atoms with E-state index in [1.165, 1.54) is 11.1 Å². The monoisotopic (exact) mass is 309 g/mol. The Morgan fingerprint density at radius 2 is 1.91 bits per heavy atom. The minimum absolute atomic E-state index is 0.575. The molecule has 0 spiro atoms. The summed E-state index contributed by atoms with van der Waals surface area (Å²) in [5, 5.41) is 2.07. The van der Waals surface area contributed by atoms with Gasteiger partial charge in [0.25, 0.3) is 0 Å². The summed E-state index contributed by atoms with van der Waals surface area (Å²) in [6.07, 6.45) is 2.22. The molecule has 0 radical (unpaired) electrons. The average molecular weight is 309 g/mol. The highest BCUT2D eigenvalue weighted by Crippen LogP contribution is 2.31. The predicted molar refractivity (Wildman–Crippen MR) is 92.3 cm³/mol. The summed E-state index contributed by atoms with van der Waals surface area (Å²) in [6.45, 7) is 2.77. The SMILES string of the molecule is CCCc1ccc(OCc2ccccc2)c(-c2cscn2)c1. The van der Waals surface area contributed by atoms with Gasteiger partial charge in [0, 0.05) is 10.9 Å². The van der Waals surface area contributed by atoms with Crippen LogP contribution in [-0.4, -0.2) is 4.98 Å². The first-order valence-corrected chi connectivity index (χ1v) is 8.49. The summed E-state index contributed by atoms with van der Waals surface area (Å²) in [7, 11) is 0. The largest absolute Gasteiger partial charge is 0.488 e. The lowest BCUT2D eigenvalue weighted by molar-refractivity contribution is 0.307. The standard InChI is InChI=1S/C19H19NOS/c1-2-6-15-9-10-19(17(11-15)18-13-22-14-20-18)21-12-16-7-4-3-5-8-16/h3-5,7-11,13-14H,2,6,12H2,1H3. The molecule has 0 atom stereocenters. The Bertz CT molecular complexity index is 708. The molecule has 0 bridgehead atoms. The number of rotatable bonds is 6. The summed E-state index contributed by atoms with van der Waals surface area (Å²) in [5.41, 5.74) is 6.44. The molecule has 0 saturated carbocycles. The Morgan fingerprint density at radius 1 is 1.05 bits per heavy atom. The first-order chi connectivity index (χ1) is 10.9. The number of aromatic nitrogens is 1. The van der Waals surface area contributed by atoms with Crippen molar-refractivity contribution in [2.45, 2.75) is 26.4 Å². The zero-order valence-electron chi connectivity index (χ0n) is 12.7. The first-order valence-electron chi connectivity index (χ1n) is 7.55. The third-order valence-electron chi connectivity index (χ3n) is 3.53. The molecular weight excluding hydrogens is 290 g/mol. The van der Waals surface area contributed by atoms with Crippen LogP contribution in [0.2, 0.25) is 0 Å². The molecule has 3 heteroatoms. The van der Waals surface area contributed by atoms with Crippen molar-refractivity contribution in [2.24, 2.45) is 0 Å². The molecule has 22 heavy (non-hydrogen) atoms. The number of nitrogens with zero attached hydrogens (tertiary/aromatic N) is 1. The van der Waals surface area contributed by atoms with Crippen LogP contribution >= 0.6 is 11.3 Å². The average Bonchev–Trinajstić information content (AvgIpc) is 3.09. The van der Waals surface area contributed by atoms with Crippen LogP contribution in [0.25, 0.3) is 11.3 Å². The smallest absolute Gasteiger partial charge is 0.129 e. The molecule has 0 saturated heterocycles. The van der Waals surface area contributed by atoms with Gasteiger partial charge in [0.15, 0.2) is 0 Å². The third kappa shape index (κ3) is 3.55. The molecular formula is C19H19NOS. The second kappa shape index (κ2) is 7.23. The highest BCUT2D eigenvalue weighted by atomic mass is 32.1. The molecule has 2 aromatic carbocycles. The van der Waals surface area contributed by atoms with Crippen molar-refractivity contribution in [3.63, 3.8) is 0 Å². The molecule has 3 rings (SSSR count). The van der Waals surface area contributed by atoms with Gasteiger partial charge in [-0.3, -0.25) is 0 Å². The molecule has 1 heterocycles. The molecule has 112 valence electrons. The van der Waals surface area contributed by atoms with Gasteiger partial charge in [-0.1, -0.05) is 49.7 Å². The minimum atomic E-state index is 0.575. The van der Waals surface area contributed by atoms with Crippen molar-refractivity contribution in [2.75, 3.05) is 0 Å². The molecule has 0 unspecified atom stereocenters. The van der Waals surface area contributed by atoms with E-state index < -0.39 is 0 Å². The maximum Gasteiger partial charge on any atom is 0.129 e. The van der Waals surface area contributed by atoms with Crippen LogP contribution in [0.3, 0.4) is 0 Å². The topological polar surface area (TPSA) is 22.1 Å². The van der Waals surface area contributed by atoms with Gasteiger partial charge in [0.05, 0.1) is 11.2 Å². The predicted octanol–water partition coefficient (Wildman–Crippen LogP) is 5.34. The highest BCUT2D eigenvalue weighted by molar-refractivity contribution is 7.07. The fraction of sp³-hybridized carbons (Fsp3) is 0.211. The van der Waals surface area contributed by atoms with E-state index >= 15 is 0 Å². The van der Waals surface area contributed by atoms with E-state index in [1.807, 2.05) is 23.7 Å². The van der Waals surface area contributed by atoms with Crippen LogP contribution in [0, 0.1) is 0 Å². The normalized spacial score (nSPS) is 10.6. The van der Waals surface area contributed by atoms with Crippen LogP contribution in [0.4, 0.5) is 0 Å². The van der Waals surface area contributed by atoms with Gasteiger partial charge in [0.2, 0.25) is 0 Å². The van der Waals surface area contributed by atoms with Crippen LogP contribution in [0.1, 0.15) is 24.5 Å². The van der Waals surface area contributed by atoms with E-state index in [0.717, 1.165) is 29.8 Å². The number of thiazole rings is 1. The maximum absolute atomic E-state index is 6.04. The maximum atomic E-state index is 6.04. The number of ether oxygens (including phenoxy) is 1. The third-order valence-corrected chi connectivity index (χ3v) is 4.11. The van der Waals surface area contributed by atoms with E-state index in [1.54, 1.807) is 11.3 Å². The van der Waals surface area contributed by atoms with Gasteiger partial charge in [-0.15, -0.1) is 11.3 Å². The zero-order chi connectivity index (χ0) is 15.2. The van der Waals surface area contributed by atoms with Crippen molar-refractivity contribution < 1.29 is 4.74 Å². The lowest BCUT2D eigenvalue weighted by Gasteiger charge is -2.12. The van der Waals surface area contributed by atoms with Crippen molar-refractivity contribution in [3.05, 3.63) is 70.5 Å². The van der Waals surface area contributed by atoms with E-state index in [9.17, 15) is 0 Å². The second-order valence-electron chi connectivity index (χ2n) is 5.23. The molecule has 2 nitrogen and oxygen atoms in total. The fourth-order valence-corrected chi connectivity index (χ4v) is 2.98. The van der Waals surface area contributed by atoms with Crippen LogP contribution < -0.4 is 4.74 Å². The Kier molecular flexibility index (Phi) is 4.86. The lowest BCUT2D eigenvalue weighted by atomic mass is 10.0. The molecule has 0 amide bonds. The van der Waals surface area contributed by atoms with Gasteiger partial charge in [-0.2, -0.15) is 0 Å². The molecule has 0 aliphatic rings. The summed E-state index contributed by atoms with van der Waals surface area (Å²) < 4.78 is 6.04. The fourth-order valence-electron chi connectivity index (χ4n) is 2.43. The van der Waals surface area contributed by atoms with Gasteiger partial charge in [-0.05, 0) is 29.7 Å². The van der Waals surface area contributed by atoms with Gasteiger partial charge < -0.3 is 4.74 Å². The van der Waals surface area contributed by atoms with Crippen LogP contribution in [0.15, 0.2) is 59.4 Å². The molecule has 3 aromatic rings. The second-order valence-corrected chi connectivity index (χ2v) is 5.95. The van der Waals surface area contributed by atoms with E-state index in [4.69, 9.17) is 4.74 Å². The zero-order valence-corrected chi connectivity index (χ0v) is 13.5. The highest BCUT2D eigenvalue weighted by Gasteiger charge is 2.10. The van der Waals surface area contributed by atoms with E-state index in [-0.39, 0.29) is 0 Å². The Balaban J connectivity index is 1.86. The lowest BCUT2D eigenvalue weighted by Crippen LogP contribution is -1.98. The van der Waals surface area contributed by atoms with Crippen molar-refractivity contribution in [3.8, 4) is 17.0 Å². The van der Waals surface area contributed by atoms with Crippen molar-refractivity contribution >= 4 is 11.3 Å². The van der Waals surface area contributed by atoms with Crippen molar-refractivity contribution in [1.29, 1.82) is 0 Å². The van der Waals surface area contributed by atoms with Gasteiger partial charge in [0.1, 0.15) is 12.4 Å². The first kappa shape index (κ1) is 14.8. The summed E-state index contributed by atoms with van der Waals surface area (Å²) in [5.74, 6) is 0.898. The molecule has 0 aliphatic carbocycles. The number of aryl methyl sites for hydroxylation is 1. The number of benzene rings is 2.